The third-order valence-electron chi connectivity index (χ3n) is 6.69. The van der Waals surface area contributed by atoms with Gasteiger partial charge in [-0.3, -0.25) is 14.5 Å². The Bertz CT molecular complexity index is 1610. The van der Waals surface area contributed by atoms with Crippen LogP contribution in [0.2, 0.25) is 0 Å². The lowest BCUT2D eigenvalue weighted by molar-refractivity contribution is -0.117. The molecule has 0 saturated carbocycles. The number of anilines is 1. The zero-order chi connectivity index (χ0) is 27.8. The Balaban J connectivity index is 1.73. The van der Waals surface area contributed by atoms with Gasteiger partial charge in [0.25, 0.3) is 5.91 Å². The topological polar surface area (TPSA) is 108 Å². The number of furan rings is 1. The van der Waals surface area contributed by atoms with E-state index in [1.807, 2.05) is 13.0 Å². The van der Waals surface area contributed by atoms with Crippen molar-refractivity contribution in [2.24, 2.45) is 0 Å². The number of carbonyl (C=O) groups is 2. The Morgan fingerprint density at radius 1 is 0.872 bits per heavy atom. The highest BCUT2D eigenvalue weighted by Gasteiger charge is 2.46. The first-order valence-corrected chi connectivity index (χ1v) is 12.1. The number of aliphatic hydroxyl groups is 1. The summed E-state index contributed by atoms with van der Waals surface area (Å²) in [7, 11) is 5.93. The Kier molecular flexibility index (Phi) is 6.66. The van der Waals surface area contributed by atoms with Crippen molar-refractivity contribution in [1.29, 1.82) is 0 Å². The van der Waals surface area contributed by atoms with E-state index in [0.717, 1.165) is 5.56 Å². The summed E-state index contributed by atoms with van der Waals surface area (Å²) >= 11 is 0. The van der Waals surface area contributed by atoms with Crippen LogP contribution in [0.15, 0.2) is 76.4 Å². The number of methoxy groups -OCH3 is 4. The third kappa shape index (κ3) is 4.21. The molecule has 39 heavy (non-hydrogen) atoms. The van der Waals surface area contributed by atoms with Crippen molar-refractivity contribution in [2.45, 2.75) is 13.0 Å². The summed E-state index contributed by atoms with van der Waals surface area (Å²) in [5.41, 5.74) is 2.09. The van der Waals surface area contributed by atoms with E-state index >= 15 is 0 Å². The van der Waals surface area contributed by atoms with Gasteiger partial charge in [0.2, 0.25) is 11.5 Å². The minimum atomic E-state index is -1.03. The molecule has 1 aromatic heterocycles. The predicted octanol–water partition coefficient (Wildman–Crippen LogP) is 5.56. The number of ketones is 1. The van der Waals surface area contributed by atoms with E-state index in [1.165, 1.54) is 33.3 Å². The van der Waals surface area contributed by atoms with Gasteiger partial charge in [0, 0.05) is 11.1 Å². The van der Waals surface area contributed by atoms with Crippen LogP contribution in [0, 0.1) is 6.92 Å². The molecule has 4 aromatic rings. The molecule has 5 rings (SSSR count). The number of carbonyl (C=O) groups excluding carboxylic acids is 2. The molecule has 9 nitrogen and oxygen atoms in total. The van der Waals surface area contributed by atoms with Crippen molar-refractivity contribution in [1.82, 2.24) is 0 Å². The van der Waals surface area contributed by atoms with E-state index < -0.39 is 23.5 Å². The number of aliphatic hydroxyl groups excluding tert-OH is 1. The van der Waals surface area contributed by atoms with Crippen LogP contribution in [-0.2, 0) is 4.79 Å². The molecule has 2 heterocycles. The molecule has 200 valence electrons. The predicted molar refractivity (Wildman–Crippen MR) is 144 cm³/mol. The normalized spacial score (nSPS) is 15.2. The number of nitrogens with zero attached hydrogens (tertiary/aromatic N) is 1. The standard InChI is InChI=1S/C30H27NO8/c1-16-8-6-10-19(12-16)31-25(18-14-22(36-3)29(38-5)23(15-18)37-4)24(27(33)30(31)34)26(32)21-13-17-9-7-11-20(35-2)28(17)39-21/h6-15,25,33H,1-5H3. The summed E-state index contributed by atoms with van der Waals surface area (Å²) in [6, 6.07) is 16.3. The minimum Gasteiger partial charge on any atom is -0.503 e. The zero-order valence-electron chi connectivity index (χ0n) is 22.1. The molecule has 0 aliphatic carbocycles. The van der Waals surface area contributed by atoms with Crippen molar-refractivity contribution in [3.63, 3.8) is 0 Å². The molecular weight excluding hydrogens is 502 g/mol. The van der Waals surface area contributed by atoms with Crippen LogP contribution < -0.4 is 23.8 Å². The van der Waals surface area contributed by atoms with Crippen LogP contribution in [-0.4, -0.2) is 45.2 Å². The summed E-state index contributed by atoms with van der Waals surface area (Å²) in [5, 5.41) is 11.8. The van der Waals surface area contributed by atoms with E-state index in [4.69, 9.17) is 23.4 Å². The molecule has 0 saturated heterocycles. The summed E-state index contributed by atoms with van der Waals surface area (Å²) in [4.78, 5) is 29.0. The maximum absolute atomic E-state index is 14.0. The summed E-state index contributed by atoms with van der Waals surface area (Å²) in [6.45, 7) is 1.89. The van der Waals surface area contributed by atoms with Crippen LogP contribution in [0.25, 0.3) is 11.0 Å². The average Bonchev–Trinajstić information content (AvgIpc) is 3.50. The fourth-order valence-electron chi connectivity index (χ4n) is 4.90. The molecule has 1 N–H and O–H groups in total. The van der Waals surface area contributed by atoms with Crippen molar-refractivity contribution in [3.05, 3.63) is 88.9 Å². The highest BCUT2D eigenvalue weighted by Crippen LogP contribution is 2.47. The number of aryl methyl sites for hydroxylation is 1. The number of ether oxygens (including phenoxy) is 4. The molecule has 0 spiro atoms. The first-order valence-electron chi connectivity index (χ1n) is 12.1. The van der Waals surface area contributed by atoms with E-state index in [2.05, 4.69) is 0 Å². The molecule has 9 heteroatoms. The van der Waals surface area contributed by atoms with Crippen molar-refractivity contribution in [2.75, 3.05) is 33.3 Å². The van der Waals surface area contributed by atoms with E-state index in [1.54, 1.807) is 54.6 Å². The fourth-order valence-corrected chi connectivity index (χ4v) is 4.90. The number of amides is 1. The van der Waals surface area contributed by atoms with Crippen molar-refractivity contribution >= 4 is 28.3 Å². The van der Waals surface area contributed by atoms with Gasteiger partial charge in [-0.15, -0.1) is 0 Å². The van der Waals surface area contributed by atoms with Gasteiger partial charge >= 0.3 is 0 Å². The average molecular weight is 530 g/mol. The smallest absolute Gasteiger partial charge is 0.294 e. The van der Waals surface area contributed by atoms with Gasteiger partial charge in [-0.2, -0.15) is 0 Å². The molecule has 1 aliphatic heterocycles. The molecule has 3 aromatic carbocycles. The van der Waals surface area contributed by atoms with Gasteiger partial charge in [0.15, 0.2) is 34.4 Å². The zero-order valence-corrected chi connectivity index (χ0v) is 22.1. The number of benzene rings is 3. The van der Waals surface area contributed by atoms with Crippen molar-refractivity contribution < 1.29 is 38.1 Å². The molecule has 1 amide bonds. The number of rotatable bonds is 8. The lowest BCUT2D eigenvalue weighted by Crippen LogP contribution is -2.31. The van der Waals surface area contributed by atoms with Crippen molar-refractivity contribution in [3.8, 4) is 23.0 Å². The van der Waals surface area contributed by atoms with Gasteiger partial charge in [-0.25, -0.2) is 0 Å². The quantitative estimate of drug-likeness (QED) is 0.296. The largest absolute Gasteiger partial charge is 0.503 e. The van der Waals surface area contributed by atoms with Gasteiger partial charge in [0.1, 0.15) is 0 Å². The maximum Gasteiger partial charge on any atom is 0.294 e. The monoisotopic (exact) mass is 529 g/mol. The Hall–Kier alpha value is -4.92. The van der Waals surface area contributed by atoms with Gasteiger partial charge < -0.3 is 28.5 Å². The number of Topliss-reactive ketones (excluding diaryl/α,β-unsaturated/α-hetero) is 1. The molecule has 1 aliphatic rings. The number of para-hydroxylation sites is 1. The Morgan fingerprint density at radius 2 is 1.54 bits per heavy atom. The second-order valence-electron chi connectivity index (χ2n) is 8.96. The molecule has 0 bridgehead atoms. The second kappa shape index (κ2) is 10.1. The van der Waals surface area contributed by atoms with Crippen LogP contribution in [0.5, 0.6) is 23.0 Å². The second-order valence-corrected chi connectivity index (χ2v) is 8.96. The number of hydrogen-bond acceptors (Lipinski definition) is 8. The van der Waals surface area contributed by atoms with Crippen LogP contribution in [0.3, 0.4) is 0 Å². The maximum atomic E-state index is 14.0. The summed E-state index contributed by atoms with van der Waals surface area (Å²) in [5.74, 6) is -0.634. The van der Waals surface area contributed by atoms with Gasteiger partial charge in [-0.05, 0) is 54.4 Å². The number of fused-ring (bicyclic) bond motifs is 1. The van der Waals surface area contributed by atoms with Gasteiger partial charge in [0.05, 0.1) is 40.1 Å². The Labute approximate surface area is 224 Å². The molecule has 0 fully saturated rings. The van der Waals surface area contributed by atoms with E-state index in [0.29, 0.717) is 45.2 Å². The van der Waals surface area contributed by atoms with Gasteiger partial charge in [-0.1, -0.05) is 24.3 Å². The molecular formula is C30H27NO8. The van der Waals surface area contributed by atoms with Crippen LogP contribution >= 0.6 is 0 Å². The first-order chi connectivity index (χ1) is 18.8. The number of hydrogen-bond donors (Lipinski definition) is 1. The Morgan fingerprint density at radius 3 is 2.15 bits per heavy atom. The lowest BCUT2D eigenvalue weighted by atomic mass is 9.94. The first kappa shape index (κ1) is 25.7. The summed E-state index contributed by atoms with van der Waals surface area (Å²) < 4.78 is 27.8. The highest BCUT2D eigenvalue weighted by atomic mass is 16.5. The highest BCUT2D eigenvalue weighted by molar-refractivity contribution is 6.20. The third-order valence-corrected chi connectivity index (χ3v) is 6.69. The molecule has 1 atom stereocenters. The lowest BCUT2D eigenvalue weighted by Gasteiger charge is -2.28. The van der Waals surface area contributed by atoms with E-state index in [9.17, 15) is 14.7 Å². The summed E-state index contributed by atoms with van der Waals surface area (Å²) in [6.07, 6.45) is 0. The van der Waals surface area contributed by atoms with Crippen LogP contribution in [0.4, 0.5) is 5.69 Å². The fraction of sp³-hybridized carbons (Fsp3) is 0.200. The van der Waals surface area contributed by atoms with E-state index in [-0.39, 0.29) is 11.3 Å². The molecule has 1 unspecified atom stereocenters. The molecule has 0 radical (unpaired) electrons. The van der Waals surface area contributed by atoms with Crippen LogP contribution in [0.1, 0.15) is 27.7 Å². The SMILES string of the molecule is COc1cc(C2C(C(=O)c3cc4cccc(OC)c4o3)=C(O)C(=O)N2c2cccc(C)c2)cc(OC)c1OC. The minimum absolute atomic E-state index is 0.0487.